The van der Waals surface area contributed by atoms with E-state index in [0.29, 0.717) is 6.54 Å². The average Bonchev–Trinajstić information content (AvgIpc) is 3.23. The summed E-state index contributed by atoms with van der Waals surface area (Å²) >= 11 is 0. The molecule has 6 nitrogen and oxygen atoms in total. The largest absolute Gasteiger partial charge is 0.497 e. The molecule has 5 rings (SSSR count). The summed E-state index contributed by atoms with van der Waals surface area (Å²) in [4.78, 5) is 19.1. The molecule has 1 aliphatic heterocycles. The molecule has 0 aliphatic carbocycles. The Bertz CT molecular complexity index is 1360. The Morgan fingerprint density at radius 1 is 0.971 bits per heavy atom. The number of aromatic nitrogens is 1. The minimum absolute atomic E-state index is 0.116. The maximum atomic E-state index is 13.6. The first-order chi connectivity index (χ1) is 16.5. The van der Waals surface area contributed by atoms with Crippen LogP contribution in [-0.4, -0.2) is 36.7 Å². The molecule has 0 saturated heterocycles. The molecular weight excluding hydrogens is 426 g/mol. The number of aromatic amines is 1. The molecule has 0 saturated carbocycles. The zero-order chi connectivity index (χ0) is 23.8. The number of nitrogens with one attached hydrogen (secondary N) is 2. The van der Waals surface area contributed by atoms with Crippen molar-refractivity contribution in [2.45, 2.75) is 26.3 Å². The number of urea groups is 1. The van der Waals surface area contributed by atoms with Crippen LogP contribution in [0.25, 0.3) is 10.9 Å². The van der Waals surface area contributed by atoms with Crippen molar-refractivity contribution in [3.8, 4) is 11.5 Å². The third-order valence-electron chi connectivity index (χ3n) is 6.65. The molecule has 0 radical (unpaired) electrons. The van der Waals surface area contributed by atoms with Gasteiger partial charge in [-0.15, -0.1) is 0 Å². The van der Waals surface area contributed by atoms with Crippen molar-refractivity contribution in [3.05, 3.63) is 88.6 Å². The van der Waals surface area contributed by atoms with Crippen LogP contribution in [0.4, 0.5) is 10.5 Å². The van der Waals surface area contributed by atoms with E-state index in [9.17, 15) is 4.79 Å². The van der Waals surface area contributed by atoms with E-state index in [1.807, 2.05) is 60.4 Å². The van der Waals surface area contributed by atoms with Crippen LogP contribution in [0.15, 0.2) is 60.7 Å². The molecule has 0 fully saturated rings. The summed E-state index contributed by atoms with van der Waals surface area (Å²) in [6.45, 7) is 4.67. The summed E-state index contributed by atoms with van der Waals surface area (Å²) in [7, 11) is 3.34. The highest BCUT2D eigenvalue weighted by Crippen LogP contribution is 2.40. The number of carbonyl (C=O) groups is 1. The number of ether oxygens (including phenoxy) is 2. The highest BCUT2D eigenvalue weighted by Gasteiger charge is 2.35. The molecule has 3 aromatic carbocycles. The van der Waals surface area contributed by atoms with Crippen LogP contribution in [0.2, 0.25) is 0 Å². The number of hydrogen-bond acceptors (Lipinski definition) is 3. The van der Waals surface area contributed by atoms with E-state index < -0.39 is 0 Å². The van der Waals surface area contributed by atoms with Crippen LogP contribution in [-0.2, 0) is 6.42 Å². The van der Waals surface area contributed by atoms with Gasteiger partial charge in [0.15, 0.2) is 0 Å². The van der Waals surface area contributed by atoms with Crippen molar-refractivity contribution in [2.24, 2.45) is 0 Å². The Balaban J connectivity index is 1.58. The second-order valence-electron chi connectivity index (χ2n) is 8.80. The van der Waals surface area contributed by atoms with Crippen molar-refractivity contribution in [3.63, 3.8) is 0 Å². The summed E-state index contributed by atoms with van der Waals surface area (Å²) in [6.07, 6.45) is 0.759. The summed E-state index contributed by atoms with van der Waals surface area (Å²) in [5.74, 6) is 1.61. The van der Waals surface area contributed by atoms with E-state index in [0.717, 1.165) is 51.3 Å². The number of amides is 2. The van der Waals surface area contributed by atoms with Gasteiger partial charge >= 0.3 is 6.03 Å². The highest BCUT2D eigenvalue weighted by molar-refractivity contribution is 5.92. The van der Waals surface area contributed by atoms with E-state index in [1.165, 1.54) is 11.1 Å². The summed E-state index contributed by atoms with van der Waals surface area (Å²) in [6, 6.07) is 19.7. The van der Waals surface area contributed by atoms with Crippen LogP contribution in [0.3, 0.4) is 0 Å². The van der Waals surface area contributed by atoms with Crippen molar-refractivity contribution < 1.29 is 14.3 Å². The minimum Gasteiger partial charge on any atom is -0.497 e. The Morgan fingerprint density at radius 3 is 2.41 bits per heavy atom. The lowest BCUT2D eigenvalue weighted by atomic mass is 9.92. The number of carbonyl (C=O) groups excluding carboxylic acids is 1. The van der Waals surface area contributed by atoms with Crippen molar-refractivity contribution >= 4 is 22.6 Å². The standard InChI is InChI=1S/C28H29N3O3/c1-17-5-11-24(18(2)15-17)30-28(32)31-14-13-22-23-16-21(34-4)10-12-25(23)29-26(22)27(31)19-6-8-20(33-3)9-7-19/h5-12,15-16,27,29H,13-14H2,1-4H3,(H,30,32)/t27-/m0/s1. The van der Waals surface area contributed by atoms with Crippen LogP contribution < -0.4 is 14.8 Å². The van der Waals surface area contributed by atoms with Crippen LogP contribution in [0, 0.1) is 13.8 Å². The zero-order valence-electron chi connectivity index (χ0n) is 19.9. The number of nitrogens with zero attached hydrogens (tertiary/aromatic N) is 1. The summed E-state index contributed by atoms with van der Waals surface area (Å²) < 4.78 is 10.8. The molecule has 1 aromatic heterocycles. The third-order valence-corrected chi connectivity index (χ3v) is 6.65. The first-order valence-electron chi connectivity index (χ1n) is 11.5. The molecule has 1 atom stereocenters. The van der Waals surface area contributed by atoms with Gasteiger partial charge in [-0.05, 0) is 73.4 Å². The molecule has 2 N–H and O–H groups in total. The predicted molar refractivity (Wildman–Crippen MR) is 135 cm³/mol. The predicted octanol–water partition coefficient (Wildman–Crippen LogP) is 5.98. The fourth-order valence-corrected chi connectivity index (χ4v) is 4.89. The number of methoxy groups -OCH3 is 2. The van der Waals surface area contributed by atoms with Gasteiger partial charge in [0.25, 0.3) is 0 Å². The van der Waals surface area contributed by atoms with Crippen molar-refractivity contribution in [1.82, 2.24) is 9.88 Å². The van der Waals surface area contributed by atoms with Gasteiger partial charge in [0.05, 0.1) is 20.3 Å². The molecular formula is C28H29N3O3. The molecule has 1 aliphatic rings. The van der Waals surface area contributed by atoms with E-state index in [-0.39, 0.29) is 12.1 Å². The summed E-state index contributed by atoms with van der Waals surface area (Å²) in [5.41, 5.74) is 7.38. The van der Waals surface area contributed by atoms with Crippen LogP contribution in [0.1, 0.15) is 34.0 Å². The van der Waals surface area contributed by atoms with Gasteiger partial charge in [0, 0.05) is 28.8 Å². The zero-order valence-corrected chi connectivity index (χ0v) is 19.9. The van der Waals surface area contributed by atoms with E-state index >= 15 is 0 Å². The molecule has 0 spiro atoms. The maximum Gasteiger partial charge on any atom is 0.322 e. The molecule has 174 valence electrons. The molecule has 0 bridgehead atoms. The van der Waals surface area contributed by atoms with Gasteiger partial charge < -0.3 is 24.7 Å². The normalized spacial score (nSPS) is 15.2. The molecule has 2 amide bonds. The van der Waals surface area contributed by atoms with Gasteiger partial charge in [0.2, 0.25) is 0 Å². The van der Waals surface area contributed by atoms with E-state index in [2.05, 4.69) is 29.4 Å². The lowest BCUT2D eigenvalue weighted by Crippen LogP contribution is -2.43. The topological polar surface area (TPSA) is 66.6 Å². The number of rotatable bonds is 4. The monoisotopic (exact) mass is 455 g/mol. The molecule has 0 unspecified atom stereocenters. The highest BCUT2D eigenvalue weighted by atomic mass is 16.5. The van der Waals surface area contributed by atoms with Gasteiger partial charge in [-0.3, -0.25) is 0 Å². The number of benzene rings is 3. The molecule has 4 aromatic rings. The first kappa shape index (κ1) is 21.9. The number of fused-ring (bicyclic) bond motifs is 3. The number of aryl methyl sites for hydroxylation is 2. The van der Waals surface area contributed by atoms with Crippen molar-refractivity contribution in [2.75, 3.05) is 26.1 Å². The number of hydrogen-bond donors (Lipinski definition) is 2. The van der Waals surface area contributed by atoms with Gasteiger partial charge in [-0.1, -0.05) is 29.8 Å². The second kappa shape index (κ2) is 8.78. The van der Waals surface area contributed by atoms with Crippen LogP contribution in [0.5, 0.6) is 11.5 Å². The Morgan fingerprint density at radius 2 is 1.71 bits per heavy atom. The maximum absolute atomic E-state index is 13.6. The lowest BCUT2D eigenvalue weighted by Gasteiger charge is -2.36. The summed E-state index contributed by atoms with van der Waals surface area (Å²) in [5, 5.41) is 4.28. The molecule has 6 heteroatoms. The lowest BCUT2D eigenvalue weighted by molar-refractivity contribution is 0.193. The fraction of sp³-hybridized carbons (Fsp3) is 0.250. The Labute approximate surface area is 199 Å². The fourth-order valence-electron chi connectivity index (χ4n) is 4.89. The quantitative estimate of drug-likeness (QED) is 0.398. The van der Waals surface area contributed by atoms with Gasteiger partial charge in [-0.2, -0.15) is 0 Å². The molecule has 2 heterocycles. The Hall–Kier alpha value is -3.93. The minimum atomic E-state index is -0.251. The SMILES string of the molecule is COc1ccc([C@H]2c3[nH]c4ccc(OC)cc4c3CCN2C(=O)Nc2ccc(C)cc2C)cc1. The Kier molecular flexibility index (Phi) is 5.65. The van der Waals surface area contributed by atoms with E-state index in [1.54, 1.807) is 14.2 Å². The average molecular weight is 456 g/mol. The van der Waals surface area contributed by atoms with Crippen LogP contribution >= 0.6 is 0 Å². The first-order valence-corrected chi connectivity index (χ1v) is 11.5. The van der Waals surface area contributed by atoms with E-state index in [4.69, 9.17) is 9.47 Å². The van der Waals surface area contributed by atoms with Crippen molar-refractivity contribution in [1.29, 1.82) is 0 Å². The van der Waals surface area contributed by atoms with Gasteiger partial charge in [0.1, 0.15) is 11.5 Å². The second-order valence-corrected chi connectivity index (χ2v) is 8.80. The number of H-pyrrole nitrogens is 1. The van der Waals surface area contributed by atoms with Gasteiger partial charge in [-0.25, -0.2) is 4.79 Å². The third kappa shape index (κ3) is 3.85. The molecule has 34 heavy (non-hydrogen) atoms. The smallest absolute Gasteiger partial charge is 0.322 e. The number of anilines is 1.